The van der Waals surface area contributed by atoms with E-state index in [9.17, 15) is 9.59 Å². The zero-order valence-corrected chi connectivity index (χ0v) is 6.84. The van der Waals surface area contributed by atoms with E-state index >= 15 is 0 Å². The normalized spacial score (nSPS) is 11.7. The molecule has 0 spiro atoms. The number of hydrogen-bond acceptors (Lipinski definition) is 3. The van der Waals surface area contributed by atoms with Gasteiger partial charge in [0.05, 0.1) is 0 Å². The number of carbonyl (C=O) groups is 2. The van der Waals surface area contributed by atoms with E-state index in [0.717, 1.165) is 0 Å². The first-order chi connectivity index (χ1) is 6.24. The molecule has 0 aromatic heterocycles. The Balaban J connectivity index is 2.78. The molecule has 0 radical (unpaired) electrons. The molecule has 0 aliphatic carbocycles. The summed E-state index contributed by atoms with van der Waals surface area (Å²) in [6.07, 6.45) is -1.33. The monoisotopic (exact) mass is 179 g/mol. The lowest BCUT2D eigenvalue weighted by Gasteiger charge is -2.09. The second kappa shape index (κ2) is 4.25. The number of primary amides is 1. The largest absolute Gasteiger partial charge is 0.434 e. The average Bonchev–Trinajstić information content (AvgIpc) is 2.15. The summed E-state index contributed by atoms with van der Waals surface area (Å²) >= 11 is 0. The minimum Gasteiger partial charge on any atom is -0.434 e. The van der Waals surface area contributed by atoms with Gasteiger partial charge < -0.3 is 10.5 Å². The highest BCUT2D eigenvalue weighted by Gasteiger charge is 2.12. The molecule has 1 amide bonds. The predicted molar refractivity (Wildman–Crippen MR) is 45.9 cm³/mol. The van der Waals surface area contributed by atoms with Crippen molar-refractivity contribution in [2.75, 3.05) is 0 Å². The van der Waals surface area contributed by atoms with Crippen LogP contribution in [0.15, 0.2) is 30.3 Å². The summed E-state index contributed by atoms with van der Waals surface area (Å²) < 4.78 is 4.56. The van der Waals surface area contributed by atoms with Crippen LogP contribution in [0, 0.1) is 0 Å². The van der Waals surface area contributed by atoms with Crippen LogP contribution in [0.4, 0.5) is 4.79 Å². The molecule has 0 saturated carbocycles. The molecule has 13 heavy (non-hydrogen) atoms. The first-order valence-corrected chi connectivity index (χ1v) is 3.70. The van der Waals surface area contributed by atoms with Gasteiger partial charge >= 0.3 is 6.09 Å². The number of carbonyl (C=O) groups excluding carboxylic acids is 2. The fourth-order valence-electron chi connectivity index (χ4n) is 0.942. The molecule has 68 valence electrons. The van der Waals surface area contributed by atoms with Crippen molar-refractivity contribution in [1.29, 1.82) is 0 Å². The Morgan fingerprint density at radius 1 is 1.38 bits per heavy atom. The van der Waals surface area contributed by atoms with Crippen molar-refractivity contribution in [2.24, 2.45) is 5.73 Å². The third kappa shape index (κ3) is 2.59. The van der Waals surface area contributed by atoms with Crippen LogP contribution in [0.2, 0.25) is 0 Å². The van der Waals surface area contributed by atoms with Crippen molar-refractivity contribution in [3.8, 4) is 0 Å². The Bertz CT molecular complexity index is 297. The van der Waals surface area contributed by atoms with E-state index in [2.05, 4.69) is 4.74 Å². The van der Waals surface area contributed by atoms with E-state index < -0.39 is 12.2 Å². The van der Waals surface area contributed by atoms with E-state index in [0.29, 0.717) is 11.8 Å². The quantitative estimate of drug-likeness (QED) is 0.704. The van der Waals surface area contributed by atoms with Gasteiger partial charge in [0.2, 0.25) is 0 Å². The Kier molecular flexibility index (Phi) is 3.03. The minimum absolute atomic E-state index is 0.528. The van der Waals surface area contributed by atoms with E-state index in [-0.39, 0.29) is 0 Å². The Labute approximate surface area is 75.3 Å². The molecule has 1 aromatic carbocycles. The van der Waals surface area contributed by atoms with Gasteiger partial charge in [-0.15, -0.1) is 0 Å². The summed E-state index contributed by atoms with van der Waals surface area (Å²) in [5.41, 5.74) is 5.39. The first kappa shape index (κ1) is 9.25. The molecule has 1 aromatic rings. The standard InChI is InChI=1S/C9H9NO3/c10-9(12)13-8(6-11)7-4-2-1-3-5-7/h1-6,8H,(H2,10,12). The van der Waals surface area contributed by atoms with E-state index in [1.165, 1.54) is 0 Å². The maximum Gasteiger partial charge on any atom is 0.405 e. The second-order valence-electron chi connectivity index (χ2n) is 2.40. The number of benzene rings is 1. The summed E-state index contributed by atoms with van der Waals surface area (Å²) in [6, 6.07) is 8.66. The molecular formula is C9H9NO3. The lowest BCUT2D eigenvalue weighted by Crippen LogP contribution is -2.18. The summed E-state index contributed by atoms with van der Waals surface area (Å²) in [4.78, 5) is 20.9. The number of aldehydes is 1. The van der Waals surface area contributed by atoms with Crippen molar-refractivity contribution in [3.63, 3.8) is 0 Å². The molecule has 0 saturated heterocycles. The van der Waals surface area contributed by atoms with Gasteiger partial charge in [-0.3, -0.25) is 4.79 Å². The van der Waals surface area contributed by atoms with Gasteiger partial charge in [0, 0.05) is 0 Å². The average molecular weight is 179 g/mol. The predicted octanol–water partition coefficient (Wildman–Crippen LogP) is 1.02. The smallest absolute Gasteiger partial charge is 0.405 e. The van der Waals surface area contributed by atoms with E-state index in [1.807, 2.05) is 0 Å². The zero-order valence-electron chi connectivity index (χ0n) is 6.84. The van der Waals surface area contributed by atoms with Crippen LogP contribution in [0.1, 0.15) is 11.7 Å². The molecule has 0 fully saturated rings. The molecule has 0 bridgehead atoms. The van der Waals surface area contributed by atoms with Crippen molar-refractivity contribution in [1.82, 2.24) is 0 Å². The molecule has 4 nitrogen and oxygen atoms in total. The molecule has 0 aliphatic rings. The summed E-state index contributed by atoms with van der Waals surface area (Å²) in [6.45, 7) is 0. The molecule has 1 unspecified atom stereocenters. The number of amides is 1. The minimum atomic E-state index is -0.957. The Hall–Kier alpha value is -1.84. The van der Waals surface area contributed by atoms with Crippen LogP contribution in [0.25, 0.3) is 0 Å². The number of nitrogens with two attached hydrogens (primary N) is 1. The molecule has 2 N–H and O–H groups in total. The number of hydrogen-bond donors (Lipinski definition) is 1. The molecule has 4 heteroatoms. The van der Waals surface area contributed by atoms with Crippen LogP contribution < -0.4 is 5.73 Å². The highest BCUT2D eigenvalue weighted by Crippen LogP contribution is 2.13. The summed E-state index contributed by atoms with van der Waals surface area (Å²) in [7, 11) is 0. The van der Waals surface area contributed by atoms with Gasteiger partial charge in [0.25, 0.3) is 0 Å². The van der Waals surface area contributed by atoms with Crippen LogP contribution in [-0.4, -0.2) is 12.4 Å². The van der Waals surface area contributed by atoms with Crippen LogP contribution in [0.5, 0.6) is 0 Å². The fourth-order valence-corrected chi connectivity index (χ4v) is 0.942. The van der Waals surface area contributed by atoms with Gasteiger partial charge in [0.1, 0.15) is 0 Å². The highest BCUT2D eigenvalue weighted by atomic mass is 16.6. The Morgan fingerprint density at radius 2 is 2.00 bits per heavy atom. The number of rotatable bonds is 3. The second-order valence-corrected chi connectivity index (χ2v) is 2.40. The van der Waals surface area contributed by atoms with Gasteiger partial charge in [0.15, 0.2) is 12.4 Å². The molecule has 1 atom stereocenters. The van der Waals surface area contributed by atoms with E-state index in [4.69, 9.17) is 5.73 Å². The SMILES string of the molecule is NC(=O)OC(C=O)c1ccccc1. The molecule has 1 rings (SSSR count). The first-order valence-electron chi connectivity index (χ1n) is 3.70. The number of ether oxygens (including phenoxy) is 1. The van der Waals surface area contributed by atoms with E-state index in [1.54, 1.807) is 30.3 Å². The van der Waals surface area contributed by atoms with Crippen LogP contribution in [0.3, 0.4) is 0 Å². The molecule has 0 aliphatic heterocycles. The third-order valence-electron chi connectivity index (χ3n) is 1.49. The van der Waals surface area contributed by atoms with Gasteiger partial charge in [-0.25, -0.2) is 4.79 Å². The topological polar surface area (TPSA) is 69.4 Å². The lowest BCUT2D eigenvalue weighted by atomic mass is 10.1. The van der Waals surface area contributed by atoms with Crippen LogP contribution >= 0.6 is 0 Å². The van der Waals surface area contributed by atoms with Crippen molar-refractivity contribution >= 4 is 12.4 Å². The lowest BCUT2D eigenvalue weighted by molar-refractivity contribution is -0.115. The van der Waals surface area contributed by atoms with Gasteiger partial charge in [-0.1, -0.05) is 30.3 Å². The van der Waals surface area contributed by atoms with Crippen molar-refractivity contribution in [3.05, 3.63) is 35.9 Å². The van der Waals surface area contributed by atoms with Crippen molar-refractivity contribution < 1.29 is 14.3 Å². The van der Waals surface area contributed by atoms with Crippen molar-refractivity contribution in [2.45, 2.75) is 6.10 Å². The zero-order chi connectivity index (χ0) is 9.68. The van der Waals surface area contributed by atoms with Crippen LogP contribution in [-0.2, 0) is 9.53 Å². The fraction of sp³-hybridized carbons (Fsp3) is 0.111. The maximum absolute atomic E-state index is 10.5. The summed E-state index contributed by atoms with van der Waals surface area (Å²) in [5, 5.41) is 0. The van der Waals surface area contributed by atoms with Gasteiger partial charge in [-0.2, -0.15) is 0 Å². The highest BCUT2D eigenvalue weighted by molar-refractivity contribution is 5.70. The molecule has 0 heterocycles. The maximum atomic E-state index is 10.5. The molecular weight excluding hydrogens is 170 g/mol. The summed E-state index contributed by atoms with van der Waals surface area (Å²) in [5.74, 6) is 0. The third-order valence-corrected chi connectivity index (χ3v) is 1.49. The van der Waals surface area contributed by atoms with Gasteiger partial charge in [-0.05, 0) is 5.56 Å². The Morgan fingerprint density at radius 3 is 2.46 bits per heavy atom.